The van der Waals surface area contributed by atoms with Crippen LogP contribution < -0.4 is 25.9 Å². The molecule has 0 aliphatic carbocycles. The Kier molecular flexibility index (Phi) is 16.3. The molecule has 0 atom stereocenters. The van der Waals surface area contributed by atoms with Crippen molar-refractivity contribution in [3.8, 4) is 0 Å². The fraction of sp³-hybridized carbons (Fsp3) is 0.474. The topological polar surface area (TPSA) is 0 Å². The minimum atomic E-state index is -3.18. The van der Waals surface area contributed by atoms with Gasteiger partial charge in [0.2, 0.25) is 6.90 Å². The van der Waals surface area contributed by atoms with Crippen LogP contribution >= 0.6 is 11.1 Å². The molecule has 0 N–H and O–H groups in total. The van der Waals surface area contributed by atoms with Crippen molar-refractivity contribution in [2.45, 2.75) is 178 Å². The zero-order valence-corrected chi connectivity index (χ0v) is 45.1. The summed E-state index contributed by atoms with van der Waals surface area (Å²) in [6.45, 7) is 40.6. The molecular formula is C57H79ClSi3. The lowest BCUT2D eigenvalue weighted by Gasteiger charge is -2.38. The van der Waals surface area contributed by atoms with E-state index in [1.165, 1.54) is 38.2 Å². The predicted molar refractivity (Wildman–Crippen MR) is 280 cm³/mol. The summed E-state index contributed by atoms with van der Waals surface area (Å²) in [5.74, 6) is 3.39. The first-order chi connectivity index (χ1) is 28.6. The highest BCUT2D eigenvalue weighted by atomic mass is 35.6. The van der Waals surface area contributed by atoms with Crippen molar-refractivity contribution in [1.29, 1.82) is 0 Å². The Bertz CT molecular complexity index is 2100. The molecule has 5 aromatic rings. The van der Waals surface area contributed by atoms with E-state index in [2.05, 4.69) is 222 Å². The van der Waals surface area contributed by atoms with Crippen LogP contribution in [-0.2, 0) is 0 Å². The van der Waals surface area contributed by atoms with Crippen LogP contribution in [0.1, 0.15) is 228 Å². The van der Waals surface area contributed by atoms with Crippen LogP contribution in [-0.4, -0.2) is 22.2 Å². The number of halogens is 1. The molecule has 4 heteroatoms. The third-order valence-corrected chi connectivity index (χ3v) is 38.1. The fourth-order valence-electron chi connectivity index (χ4n) is 9.37. The summed E-state index contributed by atoms with van der Waals surface area (Å²) < 4.78 is 0. The number of hydrogen-bond donors (Lipinski definition) is 0. The molecule has 0 aromatic heterocycles. The third-order valence-electron chi connectivity index (χ3n) is 13.1. The van der Waals surface area contributed by atoms with Gasteiger partial charge in [-0.1, -0.05) is 222 Å². The number of benzene rings is 5. The van der Waals surface area contributed by atoms with E-state index in [-0.39, 0.29) is 0 Å². The summed E-state index contributed by atoms with van der Waals surface area (Å²) in [5, 5.41) is 7.66. The normalized spacial score (nSPS) is 12.5. The number of rotatable bonds is 15. The summed E-state index contributed by atoms with van der Waals surface area (Å²) in [7, 11) is -3.51. The Balaban J connectivity index is 2.41. The molecule has 0 spiro atoms. The summed E-state index contributed by atoms with van der Waals surface area (Å²) in [5.41, 5.74) is 13.6. The fourth-order valence-corrected chi connectivity index (χ4v) is 39.8. The van der Waals surface area contributed by atoms with Crippen molar-refractivity contribution in [1.82, 2.24) is 0 Å². The van der Waals surface area contributed by atoms with Crippen molar-refractivity contribution >= 4 is 59.2 Å². The Morgan fingerprint density at radius 3 is 0.770 bits per heavy atom. The SMILES string of the molecule is CC(C)c1cc(C(C)C)c([Si](c2c(C(C)C)cc(C(C)C)cc2C(C)C)=[Si](c2c(C(C)C)cc(C(C)C)cc2C(C)C)[Si](Cl)(c2ccccc2)c2ccccc2)c(C(C)C)c1. The minimum Gasteiger partial charge on any atom is -0.155 e. The van der Waals surface area contributed by atoms with E-state index < -0.39 is 22.2 Å². The Hall–Kier alpha value is -2.96. The zero-order valence-electron chi connectivity index (χ0n) is 41.3. The maximum absolute atomic E-state index is 9.34. The average Bonchev–Trinajstić information content (AvgIpc) is 3.21. The van der Waals surface area contributed by atoms with E-state index in [9.17, 15) is 11.1 Å². The van der Waals surface area contributed by atoms with Gasteiger partial charge in [0.15, 0.2) is 0 Å². The van der Waals surface area contributed by atoms with Crippen LogP contribution in [0.25, 0.3) is 0 Å². The van der Waals surface area contributed by atoms with Crippen LogP contribution in [0.15, 0.2) is 97.1 Å². The highest BCUT2D eigenvalue weighted by Gasteiger charge is 2.46. The molecule has 5 aromatic carbocycles. The molecule has 0 aliphatic rings. The van der Waals surface area contributed by atoms with Crippen LogP contribution in [0.2, 0.25) is 0 Å². The molecule has 0 radical (unpaired) electrons. The van der Waals surface area contributed by atoms with Crippen LogP contribution in [0.4, 0.5) is 0 Å². The van der Waals surface area contributed by atoms with Gasteiger partial charge in [-0.05, 0) is 129 Å². The van der Waals surface area contributed by atoms with Gasteiger partial charge in [0, 0.05) is 0 Å². The minimum absolute atomic E-state index is 0.339. The first-order valence-electron chi connectivity index (χ1n) is 23.7. The maximum Gasteiger partial charge on any atom is 0.223 e. The maximum atomic E-state index is 9.34. The van der Waals surface area contributed by atoms with Crippen LogP contribution in [0.5, 0.6) is 0 Å². The lowest BCUT2D eigenvalue weighted by Crippen LogP contribution is -2.71. The van der Waals surface area contributed by atoms with Crippen LogP contribution in [0, 0.1) is 0 Å². The monoisotopic (exact) mass is 883 g/mol. The van der Waals surface area contributed by atoms with Crippen molar-refractivity contribution < 1.29 is 0 Å². The lowest BCUT2D eigenvalue weighted by molar-refractivity contribution is 0.810. The first-order valence-corrected chi connectivity index (χ1v) is 31.7. The molecule has 0 fully saturated rings. The van der Waals surface area contributed by atoms with Crippen molar-refractivity contribution in [2.24, 2.45) is 0 Å². The van der Waals surface area contributed by atoms with E-state index in [0.717, 1.165) is 0 Å². The Labute approximate surface area is 382 Å². The molecule has 0 amide bonds. The molecule has 0 aliphatic heterocycles. The molecule has 0 nitrogen and oxygen atoms in total. The molecular weight excluding hydrogens is 804 g/mol. The van der Waals surface area contributed by atoms with Crippen molar-refractivity contribution in [2.75, 3.05) is 0 Å². The van der Waals surface area contributed by atoms with E-state index >= 15 is 0 Å². The standard InChI is InChI=1S/C57H79ClSi3/c1-35(2)44-29-49(38(7)8)55(50(30-44)39(9)10)59(56-51(40(11)12)31-45(36(3)4)32-52(56)41(13)14)60(57-53(42(15)16)33-46(37(5)6)34-54(57)43(17)18)61(58,47-25-21-19-22-26-47)48-27-23-20-24-28-48/h19-43H,1-18H3. The molecule has 0 saturated heterocycles. The molecule has 5 rings (SSSR count). The van der Waals surface area contributed by atoms with Gasteiger partial charge in [0.05, 0.1) is 15.3 Å². The molecule has 61 heavy (non-hydrogen) atoms. The van der Waals surface area contributed by atoms with Gasteiger partial charge in [0.1, 0.15) is 0 Å². The molecule has 0 saturated carbocycles. The molecule has 0 heterocycles. The highest BCUT2D eigenvalue weighted by molar-refractivity contribution is 7.70. The summed E-state index contributed by atoms with van der Waals surface area (Å²) in [4.78, 5) is 0. The number of hydrogen-bond acceptors (Lipinski definition) is 0. The first kappa shape index (κ1) is 49.1. The Morgan fingerprint density at radius 1 is 0.328 bits per heavy atom. The van der Waals surface area contributed by atoms with Gasteiger partial charge < -0.3 is 0 Å². The zero-order chi connectivity index (χ0) is 45.2. The van der Waals surface area contributed by atoms with Crippen LogP contribution in [0.3, 0.4) is 0 Å². The molecule has 0 unspecified atom stereocenters. The second kappa shape index (κ2) is 20.3. The third kappa shape index (κ3) is 10.1. The second-order valence-corrected chi connectivity index (χ2v) is 37.1. The predicted octanol–water partition coefficient (Wildman–Crippen LogP) is 14.0. The van der Waals surface area contributed by atoms with Gasteiger partial charge >= 0.3 is 0 Å². The molecule has 326 valence electrons. The largest absolute Gasteiger partial charge is 0.223 e. The van der Waals surface area contributed by atoms with Gasteiger partial charge in [-0.3, -0.25) is 0 Å². The lowest BCUT2D eigenvalue weighted by atomic mass is 9.89. The summed E-state index contributed by atoms with van der Waals surface area (Å²) >= 11 is 9.34. The van der Waals surface area contributed by atoms with E-state index in [0.29, 0.717) is 53.3 Å². The smallest absolute Gasteiger partial charge is 0.155 e. The van der Waals surface area contributed by atoms with E-state index in [1.54, 1.807) is 37.8 Å². The van der Waals surface area contributed by atoms with E-state index in [4.69, 9.17) is 0 Å². The summed E-state index contributed by atoms with van der Waals surface area (Å²) in [6.07, 6.45) is 0. The van der Waals surface area contributed by atoms with Gasteiger partial charge in [-0.2, -0.15) is 11.1 Å². The van der Waals surface area contributed by atoms with Crippen molar-refractivity contribution in [3.05, 3.63) is 147 Å². The van der Waals surface area contributed by atoms with Gasteiger partial charge in [-0.25, -0.2) is 0 Å². The molecule has 0 bridgehead atoms. The van der Waals surface area contributed by atoms with Gasteiger partial charge in [-0.15, -0.1) is 0 Å². The Morgan fingerprint density at radius 2 is 0.557 bits per heavy atom. The quantitative estimate of drug-likeness (QED) is 0.0726. The van der Waals surface area contributed by atoms with Crippen molar-refractivity contribution in [3.63, 3.8) is 0 Å². The average molecular weight is 884 g/mol. The van der Waals surface area contributed by atoms with E-state index in [1.807, 2.05) is 0 Å². The summed E-state index contributed by atoms with van der Waals surface area (Å²) in [6, 6.07) is 38.9. The van der Waals surface area contributed by atoms with Gasteiger partial charge in [0.25, 0.3) is 0 Å². The second-order valence-electron chi connectivity index (χ2n) is 20.8. The highest BCUT2D eigenvalue weighted by Crippen LogP contribution is 2.33.